The Balaban J connectivity index is 1.95. The number of carbonyl (C=O) groups excluding carboxylic acids is 1. The Morgan fingerprint density at radius 3 is 2.63 bits per heavy atom. The van der Waals surface area contributed by atoms with Gasteiger partial charge in [0.05, 0.1) is 24.3 Å². The lowest BCUT2D eigenvalue weighted by Gasteiger charge is -2.35. The summed E-state index contributed by atoms with van der Waals surface area (Å²) in [5.74, 6) is 0.146. The molecule has 0 saturated carbocycles. The lowest BCUT2D eigenvalue weighted by molar-refractivity contribution is -0.137. The van der Waals surface area contributed by atoms with Gasteiger partial charge in [-0.2, -0.15) is 13.2 Å². The number of halogens is 3. The molecule has 3 rings (SSSR count). The van der Waals surface area contributed by atoms with E-state index in [1.54, 1.807) is 18.2 Å². The summed E-state index contributed by atoms with van der Waals surface area (Å²) >= 11 is 0. The molecule has 2 aromatic rings. The van der Waals surface area contributed by atoms with E-state index in [4.69, 9.17) is 4.74 Å². The third-order valence-corrected chi connectivity index (χ3v) is 4.11. The van der Waals surface area contributed by atoms with Gasteiger partial charge in [0, 0.05) is 12.6 Å². The number of benzene rings is 1. The second-order valence-corrected chi connectivity index (χ2v) is 6.10. The highest BCUT2D eigenvalue weighted by Gasteiger charge is 2.32. The first kappa shape index (κ1) is 18.8. The highest BCUT2D eigenvalue weighted by atomic mass is 19.4. The molecule has 0 saturated heterocycles. The van der Waals surface area contributed by atoms with Crippen LogP contribution in [0.1, 0.15) is 18.2 Å². The molecule has 0 bridgehead atoms. The first-order valence-electron chi connectivity index (χ1n) is 8.27. The smallest absolute Gasteiger partial charge is 0.416 e. The predicted molar refractivity (Wildman–Crippen MR) is 95.9 cm³/mol. The van der Waals surface area contributed by atoms with Gasteiger partial charge in [-0.15, -0.1) is 0 Å². The standard InChI is InChI=1S/C19H18F3N3O2/c1-3-14-6-9-17-18(24-14)27-16(10-23-12(2)26)11-25(17)15-7-4-13(5-8-15)19(20,21)22/h3-9,16H,1,10-11H2,2H3,(H,23,26). The molecule has 1 amide bonds. The summed E-state index contributed by atoms with van der Waals surface area (Å²) in [7, 11) is 0. The highest BCUT2D eigenvalue weighted by Crippen LogP contribution is 2.38. The maximum atomic E-state index is 12.8. The topological polar surface area (TPSA) is 54.5 Å². The van der Waals surface area contributed by atoms with E-state index >= 15 is 0 Å². The van der Waals surface area contributed by atoms with Crippen molar-refractivity contribution in [1.29, 1.82) is 0 Å². The molecule has 0 radical (unpaired) electrons. The van der Waals surface area contributed by atoms with Gasteiger partial charge in [-0.1, -0.05) is 6.58 Å². The van der Waals surface area contributed by atoms with Crippen LogP contribution in [0.2, 0.25) is 0 Å². The molecule has 0 spiro atoms. The van der Waals surface area contributed by atoms with Crippen LogP contribution in [0.5, 0.6) is 5.88 Å². The number of aromatic nitrogens is 1. The van der Waals surface area contributed by atoms with Gasteiger partial charge in [0.1, 0.15) is 11.8 Å². The van der Waals surface area contributed by atoms with Crippen LogP contribution in [0, 0.1) is 0 Å². The fourth-order valence-corrected chi connectivity index (χ4v) is 2.79. The van der Waals surface area contributed by atoms with Gasteiger partial charge < -0.3 is 15.0 Å². The minimum absolute atomic E-state index is 0.196. The Morgan fingerprint density at radius 2 is 2.04 bits per heavy atom. The summed E-state index contributed by atoms with van der Waals surface area (Å²) in [6.45, 7) is 5.69. The van der Waals surface area contributed by atoms with Crippen LogP contribution in [0.15, 0.2) is 43.0 Å². The van der Waals surface area contributed by atoms with Crippen LogP contribution in [-0.4, -0.2) is 30.1 Å². The average Bonchev–Trinajstić information content (AvgIpc) is 2.64. The number of ether oxygens (including phenoxy) is 1. The van der Waals surface area contributed by atoms with Crippen molar-refractivity contribution in [3.8, 4) is 5.88 Å². The number of alkyl halides is 3. The van der Waals surface area contributed by atoms with Crippen molar-refractivity contribution in [3.05, 3.63) is 54.2 Å². The second-order valence-electron chi connectivity index (χ2n) is 6.10. The Morgan fingerprint density at radius 1 is 1.33 bits per heavy atom. The molecule has 27 heavy (non-hydrogen) atoms. The Kier molecular flexibility index (Phi) is 5.07. The molecule has 0 aliphatic carbocycles. The van der Waals surface area contributed by atoms with Crippen molar-refractivity contribution in [3.63, 3.8) is 0 Å². The van der Waals surface area contributed by atoms with Crippen molar-refractivity contribution >= 4 is 23.4 Å². The van der Waals surface area contributed by atoms with E-state index in [0.717, 1.165) is 12.1 Å². The molecule has 1 aliphatic heterocycles. The van der Waals surface area contributed by atoms with Crippen molar-refractivity contribution in [2.24, 2.45) is 0 Å². The zero-order valence-electron chi connectivity index (χ0n) is 14.6. The van der Waals surface area contributed by atoms with E-state index in [0.29, 0.717) is 29.5 Å². The minimum atomic E-state index is -4.39. The molecule has 8 heteroatoms. The molecular weight excluding hydrogens is 359 g/mol. The quantitative estimate of drug-likeness (QED) is 0.881. The number of anilines is 2. The molecule has 1 aliphatic rings. The summed E-state index contributed by atoms with van der Waals surface area (Å²) in [6, 6.07) is 8.44. The van der Waals surface area contributed by atoms with Crippen LogP contribution in [0.25, 0.3) is 6.08 Å². The van der Waals surface area contributed by atoms with Crippen molar-refractivity contribution in [1.82, 2.24) is 10.3 Å². The number of fused-ring (bicyclic) bond motifs is 1. The largest absolute Gasteiger partial charge is 0.469 e. The number of pyridine rings is 1. The summed E-state index contributed by atoms with van der Waals surface area (Å²) in [6.07, 6.45) is -3.23. The zero-order chi connectivity index (χ0) is 19.6. The van der Waals surface area contributed by atoms with Crippen LogP contribution in [0.3, 0.4) is 0 Å². The zero-order valence-corrected chi connectivity index (χ0v) is 14.6. The second kappa shape index (κ2) is 7.30. The maximum absolute atomic E-state index is 12.8. The Bertz CT molecular complexity index is 850. The van der Waals surface area contributed by atoms with E-state index in [9.17, 15) is 18.0 Å². The summed E-state index contributed by atoms with van der Waals surface area (Å²) in [5.41, 5.74) is 1.11. The van der Waals surface area contributed by atoms with Crippen LogP contribution in [-0.2, 0) is 11.0 Å². The fourth-order valence-electron chi connectivity index (χ4n) is 2.79. The average molecular weight is 377 g/mol. The molecule has 142 valence electrons. The first-order chi connectivity index (χ1) is 12.8. The van der Waals surface area contributed by atoms with Gasteiger partial charge in [0.25, 0.3) is 0 Å². The van der Waals surface area contributed by atoms with Gasteiger partial charge in [-0.3, -0.25) is 4.79 Å². The van der Waals surface area contributed by atoms with Gasteiger partial charge in [-0.25, -0.2) is 4.98 Å². The Labute approximate surface area is 154 Å². The number of nitrogens with zero attached hydrogens (tertiary/aromatic N) is 2. The normalized spacial score (nSPS) is 16.3. The van der Waals surface area contributed by atoms with Gasteiger partial charge in [-0.05, 0) is 42.5 Å². The molecule has 5 nitrogen and oxygen atoms in total. The first-order valence-corrected chi connectivity index (χ1v) is 8.27. The van der Waals surface area contributed by atoms with Crippen LogP contribution in [0.4, 0.5) is 24.5 Å². The molecule has 1 unspecified atom stereocenters. The highest BCUT2D eigenvalue weighted by molar-refractivity contribution is 5.73. The third kappa shape index (κ3) is 4.21. The van der Waals surface area contributed by atoms with Gasteiger partial charge in [0.15, 0.2) is 0 Å². The molecule has 1 aromatic carbocycles. The summed E-state index contributed by atoms with van der Waals surface area (Å²) in [5, 5.41) is 2.69. The van der Waals surface area contributed by atoms with E-state index in [-0.39, 0.29) is 12.5 Å². The number of rotatable bonds is 4. The van der Waals surface area contributed by atoms with Crippen LogP contribution < -0.4 is 15.0 Å². The molecular formula is C19H18F3N3O2. The molecule has 1 N–H and O–H groups in total. The number of hydrogen-bond acceptors (Lipinski definition) is 4. The van der Waals surface area contributed by atoms with E-state index in [2.05, 4.69) is 16.9 Å². The number of carbonyl (C=O) groups is 1. The minimum Gasteiger partial charge on any atom is -0.469 e. The van der Waals surface area contributed by atoms with Crippen molar-refractivity contribution in [2.75, 3.05) is 18.0 Å². The molecule has 0 fully saturated rings. The molecule has 1 atom stereocenters. The number of amides is 1. The van der Waals surface area contributed by atoms with E-state index in [1.807, 2.05) is 4.90 Å². The Hall–Kier alpha value is -3.03. The lowest BCUT2D eigenvalue weighted by Crippen LogP contribution is -2.44. The van der Waals surface area contributed by atoms with E-state index < -0.39 is 17.8 Å². The van der Waals surface area contributed by atoms with Crippen LogP contribution >= 0.6 is 0 Å². The number of nitrogens with one attached hydrogen (secondary N) is 1. The predicted octanol–water partition coefficient (Wildman–Crippen LogP) is 3.78. The van der Waals surface area contributed by atoms with E-state index in [1.165, 1.54) is 19.1 Å². The maximum Gasteiger partial charge on any atom is 0.416 e. The summed E-state index contributed by atoms with van der Waals surface area (Å²) < 4.78 is 44.3. The lowest BCUT2D eigenvalue weighted by atomic mass is 10.1. The van der Waals surface area contributed by atoms with Gasteiger partial charge >= 0.3 is 6.18 Å². The summed E-state index contributed by atoms with van der Waals surface area (Å²) in [4.78, 5) is 17.4. The fraction of sp³-hybridized carbons (Fsp3) is 0.263. The monoisotopic (exact) mass is 377 g/mol. The third-order valence-electron chi connectivity index (χ3n) is 4.11. The van der Waals surface area contributed by atoms with Crippen molar-refractivity contribution in [2.45, 2.75) is 19.2 Å². The van der Waals surface area contributed by atoms with Crippen molar-refractivity contribution < 1.29 is 22.7 Å². The SMILES string of the molecule is C=Cc1ccc2c(n1)OC(CNC(C)=O)CN2c1ccc(C(F)(F)F)cc1. The van der Waals surface area contributed by atoms with Gasteiger partial charge in [0.2, 0.25) is 11.8 Å². The molecule has 1 aromatic heterocycles. The number of hydrogen-bond donors (Lipinski definition) is 1. The molecule has 2 heterocycles.